The fourth-order valence-electron chi connectivity index (χ4n) is 5.70. The number of aromatic nitrogens is 3. The number of nitrogens with one attached hydrogen (secondary N) is 1. The van der Waals surface area contributed by atoms with Crippen molar-refractivity contribution >= 4 is 17.3 Å². The molecule has 1 aromatic carbocycles. The lowest BCUT2D eigenvalue weighted by Crippen LogP contribution is -2.30. The highest BCUT2D eigenvalue weighted by Crippen LogP contribution is 2.40. The summed E-state index contributed by atoms with van der Waals surface area (Å²) in [6.07, 6.45) is 6.11. The van der Waals surface area contributed by atoms with Gasteiger partial charge in [0.05, 0.1) is 30.1 Å². The minimum Gasteiger partial charge on any atom is -0.379 e. The van der Waals surface area contributed by atoms with Crippen molar-refractivity contribution in [1.82, 2.24) is 14.8 Å². The van der Waals surface area contributed by atoms with E-state index in [1.807, 2.05) is 41.1 Å². The summed E-state index contributed by atoms with van der Waals surface area (Å²) in [6, 6.07) is 12.2. The van der Waals surface area contributed by atoms with Gasteiger partial charge in [-0.2, -0.15) is 5.10 Å². The van der Waals surface area contributed by atoms with E-state index in [0.717, 1.165) is 48.1 Å². The van der Waals surface area contributed by atoms with Crippen LogP contribution in [0.2, 0.25) is 0 Å². The molecule has 188 valence electrons. The van der Waals surface area contributed by atoms with Crippen LogP contribution in [0.5, 0.6) is 0 Å². The highest BCUT2D eigenvalue weighted by molar-refractivity contribution is 6.00. The zero-order valence-electron chi connectivity index (χ0n) is 21.5. The molecule has 2 aromatic heterocycles. The van der Waals surface area contributed by atoms with Crippen molar-refractivity contribution in [2.24, 2.45) is 5.41 Å². The number of hydrogen-bond donors (Lipinski definition) is 1. The minimum absolute atomic E-state index is 0.0936. The average Bonchev–Trinajstić information content (AvgIpc) is 3.43. The molecule has 5 rings (SSSR count). The molecule has 2 atom stereocenters. The first-order valence-corrected chi connectivity index (χ1v) is 12.7. The van der Waals surface area contributed by atoms with Crippen LogP contribution >= 0.6 is 0 Å². The zero-order chi connectivity index (χ0) is 25.4. The molecule has 0 saturated heterocycles. The van der Waals surface area contributed by atoms with Crippen LogP contribution in [0.4, 0.5) is 5.69 Å². The summed E-state index contributed by atoms with van der Waals surface area (Å²) in [7, 11) is 1.73. The lowest BCUT2D eigenvalue weighted by atomic mass is 9.75. The second kappa shape index (κ2) is 9.62. The summed E-state index contributed by atoms with van der Waals surface area (Å²) in [5.74, 6) is 0.0282. The first-order valence-electron chi connectivity index (χ1n) is 12.7. The number of carbonyl (C=O) groups excluding carboxylic acids is 2. The molecule has 0 amide bonds. The van der Waals surface area contributed by atoms with Gasteiger partial charge in [0.25, 0.3) is 0 Å². The average molecular weight is 487 g/mol. The molecule has 1 fully saturated rings. The molecule has 7 heteroatoms. The number of fused-ring (bicyclic) bond motifs is 1. The SMILES string of the molecule is COC1CCCC1Nc1cc(-c2nn(Cc3ccccc3)c3c2CC(C)(C)CC3=O)cnc1C(C)=O. The minimum atomic E-state index is -0.150. The van der Waals surface area contributed by atoms with Gasteiger partial charge in [0, 0.05) is 37.8 Å². The van der Waals surface area contributed by atoms with Crippen LogP contribution in [0.1, 0.15) is 78.6 Å². The second-order valence-electron chi connectivity index (χ2n) is 10.9. The van der Waals surface area contributed by atoms with Crippen LogP contribution in [0, 0.1) is 5.41 Å². The Kier molecular flexibility index (Phi) is 6.51. The van der Waals surface area contributed by atoms with Gasteiger partial charge >= 0.3 is 0 Å². The summed E-state index contributed by atoms with van der Waals surface area (Å²) in [6.45, 7) is 6.31. The highest BCUT2D eigenvalue weighted by atomic mass is 16.5. The summed E-state index contributed by atoms with van der Waals surface area (Å²) in [5.41, 5.74) is 5.27. The number of anilines is 1. The molecule has 2 aliphatic rings. The Hall–Kier alpha value is -3.32. The number of ether oxygens (including phenoxy) is 1. The Morgan fingerprint density at radius 3 is 2.69 bits per heavy atom. The number of nitrogens with zero attached hydrogens (tertiary/aromatic N) is 3. The summed E-state index contributed by atoms with van der Waals surface area (Å²) in [5, 5.41) is 8.51. The van der Waals surface area contributed by atoms with Crippen molar-refractivity contribution in [3.63, 3.8) is 0 Å². The van der Waals surface area contributed by atoms with Crippen LogP contribution in [0.15, 0.2) is 42.6 Å². The monoisotopic (exact) mass is 486 g/mol. The molecule has 3 aromatic rings. The van der Waals surface area contributed by atoms with E-state index in [4.69, 9.17) is 9.84 Å². The van der Waals surface area contributed by atoms with Crippen LogP contribution in [0.25, 0.3) is 11.3 Å². The molecule has 0 bridgehead atoms. The molecule has 1 N–H and O–H groups in total. The smallest absolute Gasteiger partial charge is 0.181 e. The standard InChI is InChI=1S/C29H34N4O3/c1-18(34)26-23(31-22-11-8-12-25(22)36-4)13-20(16-30-26)27-21-14-29(2,3)15-24(35)28(21)33(32-27)17-19-9-6-5-7-10-19/h5-7,9-10,13,16,22,25,31H,8,11-12,14-15,17H2,1-4H3. The van der Waals surface area contributed by atoms with E-state index in [1.54, 1.807) is 13.3 Å². The number of hydrogen-bond acceptors (Lipinski definition) is 6. The largest absolute Gasteiger partial charge is 0.379 e. The summed E-state index contributed by atoms with van der Waals surface area (Å²) < 4.78 is 7.51. The number of carbonyl (C=O) groups is 2. The Bertz CT molecular complexity index is 1300. The molecule has 2 aliphatic carbocycles. The molecule has 0 radical (unpaired) electrons. The maximum Gasteiger partial charge on any atom is 0.181 e. The van der Waals surface area contributed by atoms with E-state index < -0.39 is 0 Å². The third kappa shape index (κ3) is 4.72. The van der Waals surface area contributed by atoms with Crippen molar-refractivity contribution in [2.75, 3.05) is 12.4 Å². The maximum atomic E-state index is 13.3. The summed E-state index contributed by atoms with van der Waals surface area (Å²) >= 11 is 0. The lowest BCUT2D eigenvalue weighted by Gasteiger charge is -2.29. The van der Waals surface area contributed by atoms with Crippen LogP contribution in [-0.4, -0.2) is 45.6 Å². The molecule has 1 saturated carbocycles. The first kappa shape index (κ1) is 24.4. The van der Waals surface area contributed by atoms with Crippen molar-refractivity contribution in [1.29, 1.82) is 0 Å². The third-order valence-corrected chi connectivity index (χ3v) is 7.38. The van der Waals surface area contributed by atoms with Gasteiger partial charge in [0.1, 0.15) is 11.4 Å². The van der Waals surface area contributed by atoms with Crippen molar-refractivity contribution in [3.8, 4) is 11.3 Å². The molecule has 2 heterocycles. The van der Waals surface area contributed by atoms with Gasteiger partial charge in [0.2, 0.25) is 0 Å². The number of methoxy groups -OCH3 is 1. The van der Waals surface area contributed by atoms with E-state index in [9.17, 15) is 9.59 Å². The fourth-order valence-corrected chi connectivity index (χ4v) is 5.70. The predicted octanol–water partition coefficient (Wildman–Crippen LogP) is 5.33. The van der Waals surface area contributed by atoms with E-state index in [2.05, 4.69) is 24.1 Å². The molecular weight excluding hydrogens is 452 g/mol. The van der Waals surface area contributed by atoms with Crippen molar-refractivity contribution < 1.29 is 14.3 Å². The lowest BCUT2D eigenvalue weighted by molar-refractivity contribution is 0.0900. The van der Waals surface area contributed by atoms with Gasteiger partial charge in [-0.1, -0.05) is 44.2 Å². The molecule has 0 aliphatic heterocycles. The molecule has 7 nitrogen and oxygen atoms in total. The van der Waals surface area contributed by atoms with Crippen LogP contribution in [-0.2, 0) is 17.7 Å². The Morgan fingerprint density at radius 2 is 1.97 bits per heavy atom. The topological polar surface area (TPSA) is 86.1 Å². The zero-order valence-corrected chi connectivity index (χ0v) is 21.5. The predicted molar refractivity (Wildman–Crippen MR) is 139 cm³/mol. The van der Waals surface area contributed by atoms with Gasteiger partial charge in [-0.3, -0.25) is 19.3 Å². The molecule has 36 heavy (non-hydrogen) atoms. The Morgan fingerprint density at radius 1 is 1.19 bits per heavy atom. The van der Waals surface area contributed by atoms with E-state index in [-0.39, 0.29) is 29.1 Å². The first-order chi connectivity index (χ1) is 17.3. The number of ketones is 2. The third-order valence-electron chi connectivity index (χ3n) is 7.38. The van der Waals surface area contributed by atoms with E-state index in [1.165, 1.54) is 6.92 Å². The number of rotatable bonds is 7. The normalized spacial score (nSPS) is 20.8. The van der Waals surface area contributed by atoms with E-state index in [0.29, 0.717) is 30.0 Å². The Labute approximate surface area is 212 Å². The quantitative estimate of drug-likeness (QED) is 0.454. The van der Waals surface area contributed by atoms with Gasteiger partial charge in [-0.15, -0.1) is 0 Å². The summed E-state index contributed by atoms with van der Waals surface area (Å²) in [4.78, 5) is 30.3. The molecular formula is C29H34N4O3. The maximum absolute atomic E-state index is 13.3. The Balaban J connectivity index is 1.60. The number of Topliss-reactive ketones (excluding diaryl/α,β-unsaturated/α-hetero) is 2. The van der Waals surface area contributed by atoms with Gasteiger partial charge in [-0.05, 0) is 42.7 Å². The van der Waals surface area contributed by atoms with Gasteiger partial charge < -0.3 is 10.1 Å². The van der Waals surface area contributed by atoms with Crippen LogP contribution in [0.3, 0.4) is 0 Å². The van der Waals surface area contributed by atoms with E-state index >= 15 is 0 Å². The van der Waals surface area contributed by atoms with Crippen molar-refractivity contribution in [2.45, 2.75) is 71.6 Å². The second-order valence-corrected chi connectivity index (χ2v) is 10.9. The fraction of sp³-hybridized carbons (Fsp3) is 0.448. The van der Waals surface area contributed by atoms with Gasteiger partial charge in [0.15, 0.2) is 11.6 Å². The van der Waals surface area contributed by atoms with Crippen LogP contribution < -0.4 is 5.32 Å². The van der Waals surface area contributed by atoms with Crippen molar-refractivity contribution in [3.05, 3.63) is 65.1 Å². The number of pyridine rings is 1. The number of benzene rings is 1. The molecule has 2 unspecified atom stereocenters. The molecule has 0 spiro atoms. The van der Waals surface area contributed by atoms with Gasteiger partial charge in [-0.25, -0.2) is 0 Å². The highest BCUT2D eigenvalue weighted by Gasteiger charge is 2.37.